The number of aliphatic hydroxyl groups is 1. The Labute approximate surface area is 214 Å². The van der Waals surface area contributed by atoms with E-state index in [4.69, 9.17) is 4.74 Å². The van der Waals surface area contributed by atoms with Crippen LogP contribution in [0, 0.1) is 0 Å². The van der Waals surface area contributed by atoms with Crippen molar-refractivity contribution in [1.29, 1.82) is 0 Å². The normalized spacial score (nSPS) is 18.9. The molecule has 1 N–H and O–H groups in total. The van der Waals surface area contributed by atoms with Crippen LogP contribution in [-0.4, -0.2) is 73.5 Å². The molecule has 2 heterocycles. The highest BCUT2D eigenvalue weighted by Crippen LogP contribution is 2.40. The van der Waals surface area contributed by atoms with Gasteiger partial charge >= 0.3 is 0 Å². The number of rotatable bonds is 9. The molecule has 7 nitrogen and oxygen atoms in total. The largest absolute Gasteiger partial charge is 0.507 e. The fraction of sp³-hybridized carbons (Fsp3) is 0.448. The zero-order valence-corrected chi connectivity index (χ0v) is 21.8. The number of anilines is 1. The summed E-state index contributed by atoms with van der Waals surface area (Å²) in [7, 11) is 3.97. The van der Waals surface area contributed by atoms with Gasteiger partial charge in [0.2, 0.25) is 0 Å². The van der Waals surface area contributed by atoms with Crippen molar-refractivity contribution in [2.45, 2.75) is 39.2 Å². The van der Waals surface area contributed by atoms with Crippen LogP contribution in [-0.2, 0) is 16.0 Å². The number of ketones is 1. The van der Waals surface area contributed by atoms with Gasteiger partial charge < -0.3 is 24.5 Å². The fourth-order valence-electron chi connectivity index (χ4n) is 5.13. The predicted molar refractivity (Wildman–Crippen MR) is 142 cm³/mol. The van der Waals surface area contributed by atoms with Crippen molar-refractivity contribution >= 4 is 23.1 Å². The first-order valence-electron chi connectivity index (χ1n) is 12.9. The molecule has 4 rings (SSSR count). The lowest BCUT2D eigenvalue weighted by molar-refractivity contribution is -0.139. The van der Waals surface area contributed by atoms with Gasteiger partial charge in [0, 0.05) is 30.9 Å². The molecular weight excluding hydrogens is 454 g/mol. The number of Topliss-reactive ketones (excluding diaryl/α,β-unsaturated/α-hetero) is 1. The van der Waals surface area contributed by atoms with Gasteiger partial charge in [0.05, 0.1) is 18.2 Å². The maximum atomic E-state index is 13.3. The van der Waals surface area contributed by atoms with Gasteiger partial charge in [-0.05, 0) is 95.2 Å². The van der Waals surface area contributed by atoms with E-state index in [1.165, 1.54) is 0 Å². The minimum absolute atomic E-state index is 0.130. The number of fused-ring (bicyclic) bond motifs is 1. The monoisotopic (exact) mass is 491 g/mol. The van der Waals surface area contributed by atoms with Crippen molar-refractivity contribution in [3.63, 3.8) is 0 Å². The minimum Gasteiger partial charge on any atom is -0.507 e. The summed E-state index contributed by atoms with van der Waals surface area (Å²) in [5, 5.41) is 11.4. The smallest absolute Gasteiger partial charge is 0.295 e. The Hall–Kier alpha value is -3.32. The Morgan fingerprint density at radius 1 is 1.08 bits per heavy atom. The molecular formula is C29H37N3O4. The minimum atomic E-state index is -0.635. The second kappa shape index (κ2) is 11.2. The third-order valence-corrected chi connectivity index (χ3v) is 7.06. The van der Waals surface area contributed by atoms with Crippen LogP contribution in [0.4, 0.5) is 5.69 Å². The van der Waals surface area contributed by atoms with Gasteiger partial charge in [0.25, 0.3) is 11.7 Å². The number of hydrogen-bond acceptors (Lipinski definition) is 6. The number of carbonyl (C=O) groups excluding carboxylic acids is 2. The van der Waals surface area contributed by atoms with Crippen LogP contribution in [0.2, 0.25) is 0 Å². The molecule has 0 aliphatic carbocycles. The van der Waals surface area contributed by atoms with E-state index in [0.717, 1.165) is 61.5 Å². The van der Waals surface area contributed by atoms with E-state index in [2.05, 4.69) is 23.6 Å². The molecule has 36 heavy (non-hydrogen) atoms. The van der Waals surface area contributed by atoms with E-state index in [-0.39, 0.29) is 11.3 Å². The zero-order chi connectivity index (χ0) is 25.8. The van der Waals surface area contributed by atoms with Gasteiger partial charge in [0.15, 0.2) is 0 Å². The van der Waals surface area contributed by atoms with E-state index >= 15 is 0 Å². The first-order chi connectivity index (χ1) is 17.3. The Morgan fingerprint density at radius 3 is 2.47 bits per heavy atom. The Bertz CT molecular complexity index is 1140. The van der Waals surface area contributed by atoms with Crippen molar-refractivity contribution in [2.24, 2.45) is 0 Å². The molecule has 1 fully saturated rings. The third-order valence-electron chi connectivity index (χ3n) is 7.06. The van der Waals surface area contributed by atoms with Crippen LogP contribution in [0.15, 0.2) is 48.0 Å². The summed E-state index contributed by atoms with van der Waals surface area (Å²) < 4.78 is 5.71. The van der Waals surface area contributed by atoms with Crippen molar-refractivity contribution in [1.82, 2.24) is 9.80 Å². The Morgan fingerprint density at radius 2 is 1.81 bits per heavy atom. The number of hydrogen-bond donors (Lipinski definition) is 1. The second-order valence-electron chi connectivity index (χ2n) is 9.69. The van der Waals surface area contributed by atoms with Crippen LogP contribution in [0.3, 0.4) is 0 Å². The Kier molecular flexibility index (Phi) is 7.99. The quantitative estimate of drug-likeness (QED) is 0.322. The number of nitrogens with zero attached hydrogens (tertiary/aromatic N) is 3. The molecule has 2 aromatic carbocycles. The molecule has 0 aromatic heterocycles. The number of carbonyl (C=O) groups is 2. The lowest BCUT2D eigenvalue weighted by Gasteiger charge is -2.27. The van der Waals surface area contributed by atoms with E-state index in [9.17, 15) is 14.7 Å². The Balaban J connectivity index is 1.77. The molecule has 1 amide bonds. The van der Waals surface area contributed by atoms with E-state index in [0.29, 0.717) is 18.7 Å². The number of amides is 1. The number of aryl methyl sites for hydroxylation is 1. The standard InChI is InChI=1S/C29H37N3O4/c1-5-31(6-2)23-13-10-20(11-14-23)26-25(28(34)29(35)32(26)17-8-16-30(3)4)27(33)22-12-15-24-21(19-22)9-7-18-36-24/h10-15,19,26,33H,5-9,16-18H2,1-4H3/b27-25-. The predicted octanol–water partition coefficient (Wildman–Crippen LogP) is 4.23. The summed E-state index contributed by atoms with van der Waals surface area (Å²) in [4.78, 5) is 32.4. The summed E-state index contributed by atoms with van der Waals surface area (Å²) in [6.45, 7) is 7.91. The molecule has 1 unspecified atom stereocenters. The van der Waals surface area contributed by atoms with Crippen molar-refractivity contribution in [3.8, 4) is 5.75 Å². The number of likely N-dealkylation sites (tertiary alicyclic amines) is 1. The molecule has 2 aliphatic rings. The first-order valence-corrected chi connectivity index (χ1v) is 12.9. The van der Waals surface area contributed by atoms with Gasteiger partial charge in [-0.15, -0.1) is 0 Å². The zero-order valence-electron chi connectivity index (χ0n) is 21.8. The maximum absolute atomic E-state index is 13.3. The van der Waals surface area contributed by atoms with Gasteiger partial charge in [-0.3, -0.25) is 9.59 Å². The van der Waals surface area contributed by atoms with E-state index in [1.807, 2.05) is 50.5 Å². The maximum Gasteiger partial charge on any atom is 0.295 e. The molecule has 0 saturated carbocycles. The van der Waals surface area contributed by atoms with Crippen LogP contribution in [0.25, 0.3) is 5.76 Å². The number of aliphatic hydroxyl groups excluding tert-OH is 1. The molecule has 0 spiro atoms. The van der Waals surface area contributed by atoms with Gasteiger partial charge in [-0.1, -0.05) is 12.1 Å². The van der Waals surface area contributed by atoms with Crippen molar-refractivity contribution in [2.75, 3.05) is 51.8 Å². The highest BCUT2D eigenvalue weighted by molar-refractivity contribution is 6.46. The van der Waals surface area contributed by atoms with Gasteiger partial charge in [0.1, 0.15) is 11.5 Å². The highest BCUT2D eigenvalue weighted by atomic mass is 16.5. The topological polar surface area (TPSA) is 73.3 Å². The summed E-state index contributed by atoms with van der Waals surface area (Å²) in [5.41, 5.74) is 3.60. The SMILES string of the molecule is CCN(CC)c1ccc(C2/C(=C(/O)c3ccc4c(c3)CCCO4)C(=O)C(=O)N2CCCN(C)C)cc1. The average molecular weight is 492 g/mol. The van der Waals surface area contributed by atoms with Crippen LogP contribution >= 0.6 is 0 Å². The second-order valence-corrected chi connectivity index (χ2v) is 9.69. The van der Waals surface area contributed by atoms with Crippen molar-refractivity contribution in [3.05, 3.63) is 64.7 Å². The molecule has 0 radical (unpaired) electrons. The molecule has 7 heteroatoms. The average Bonchev–Trinajstić information content (AvgIpc) is 3.14. The number of benzene rings is 2. The van der Waals surface area contributed by atoms with Crippen LogP contribution < -0.4 is 9.64 Å². The molecule has 2 aliphatic heterocycles. The molecule has 192 valence electrons. The van der Waals surface area contributed by atoms with Crippen molar-refractivity contribution < 1.29 is 19.4 Å². The summed E-state index contributed by atoms with van der Waals surface area (Å²) >= 11 is 0. The van der Waals surface area contributed by atoms with Crippen LogP contribution in [0.5, 0.6) is 5.75 Å². The summed E-state index contributed by atoms with van der Waals surface area (Å²) in [5.74, 6) is -0.515. The molecule has 1 saturated heterocycles. The molecule has 0 bridgehead atoms. The van der Waals surface area contributed by atoms with Gasteiger partial charge in [-0.25, -0.2) is 0 Å². The molecule has 2 aromatic rings. The third kappa shape index (κ3) is 5.12. The summed E-state index contributed by atoms with van der Waals surface area (Å²) in [6.07, 6.45) is 2.49. The van der Waals surface area contributed by atoms with E-state index < -0.39 is 17.7 Å². The lowest BCUT2D eigenvalue weighted by Crippen LogP contribution is -2.32. The molecule has 1 atom stereocenters. The fourth-order valence-corrected chi connectivity index (χ4v) is 5.13. The summed E-state index contributed by atoms with van der Waals surface area (Å²) in [6, 6.07) is 12.8. The van der Waals surface area contributed by atoms with Crippen LogP contribution in [0.1, 0.15) is 49.4 Å². The van der Waals surface area contributed by atoms with Gasteiger partial charge in [-0.2, -0.15) is 0 Å². The lowest BCUT2D eigenvalue weighted by atomic mass is 9.93. The highest BCUT2D eigenvalue weighted by Gasteiger charge is 2.45. The van der Waals surface area contributed by atoms with E-state index in [1.54, 1.807) is 11.0 Å². The first kappa shape index (κ1) is 25.8. The number of ether oxygens (including phenoxy) is 1.